The normalized spacial score (nSPS) is 11.3. The number of aromatic nitrogens is 5. The number of para-hydroxylation sites is 2. The Morgan fingerprint density at radius 3 is 1.55 bits per heavy atom. The maximum Gasteiger partial charge on any atom is 0.187 e. The Morgan fingerprint density at radius 1 is 0.433 bits per heavy atom. The fraction of sp³-hybridized carbons (Fsp3) is 0. The molecule has 8 aromatic carbocycles. The molecule has 7 heteroatoms. The monoisotopic (exact) mass is 765 g/mol. The number of hydrogen-bond donors (Lipinski definition) is 0. The zero-order valence-corrected chi connectivity index (χ0v) is 32.0. The van der Waals surface area contributed by atoms with E-state index in [1.807, 2.05) is 109 Å². The van der Waals surface area contributed by atoms with Crippen LogP contribution in [-0.4, -0.2) is 24.1 Å². The molecule has 11 rings (SSSR count). The Bertz CT molecular complexity index is 3490. The molecule has 0 saturated carbocycles. The van der Waals surface area contributed by atoms with Crippen molar-refractivity contribution in [2.24, 2.45) is 0 Å². The van der Waals surface area contributed by atoms with E-state index in [2.05, 4.69) is 98.9 Å². The smallest absolute Gasteiger partial charge is 0.187 e. The summed E-state index contributed by atoms with van der Waals surface area (Å²) in [6.07, 6.45) is 0. The van der Waals surface area contributed by atoms with E-state index in [-0.39, 0.29) is 0 Å². The number of fused-ring (bicyclic) bond motifs is 7. The summed E-state index contributed by atoms with van der Waals surface area (Å²) in [4.78, 5) is 18.4. The molecule has 7 nitrogen and oxygen atoms in total. The van der Waals surface area contributed by atoms with Crippen molar-refractivity contribution in [2.45, 2.75) is 0 Å². The van der Waals surface area contributed by atoms with Gasteiger partial charge >= 0.3 is 0 Å². The first-order valence-corrected chi connectivity index (χ1v) is 19.6. The predicted molar refractivity (Wildman–Crippen MR) is 241 cm³/mol. The summed E-state index contributed by atoms with van der Waals surface area (Å²) in [6.45, 7) is 7.51. The molecule has 3 heterocycles. The van der Waals surface area contributed by atoms with Crippen molar-refractivity contribution in [1.29, 1.82) is 5.26 Å². The first-order chi connectivity index (χ1) is 29.7. The topological polar surface area (TPSA) is 76.7 Å². The van der Waals surface area contributed by atoms with E-state index in [1.54, 1.807) is 0 Å². The SMILES string of the molecule is [C-]#[N+]c1cccc(-c2ccc(-n3c4ccccc4c4ccc5c6ccccc6n(-c6ccc(-c7nc(-c8ccccc8)nc(-c8ccccc8)n7)cc6C#N)c5c43)cc2)c1. The number of benzene rings is 8. The van der Waals surface area contributed by atoms with Gasteiger partial charge in [-0.1, -0.05) is 140 Å². The van der Waals surface area contributed by atoms with Crippen LogP contribution in [0.3, 0.4) is 0 Å². The van der Waals surface area contributed by atoms with E-state index in [9.17, 15) is 5.26 Å². The van der Waals surface area contributed by atoms with E-state index in [1.165, 1.54) is 0 Å². The van der Waals surface area contributed by atoms with Gasteiger partial charge in [-0.2, -0.15) is 5.26 Å². The molecule has 0 aliphatic rings. The average Bonchev–Trinajstić information content (AvgIpc) is 3.85. The van der Waals surface area contributed by atoms with Crippen molar-refractivity contribution in [2.75, 3.05) is 0 Å². The minimum Gasteiger partial charge on any atom is -0.307 e. The minimum atomic E-state index is 0.486. The third-order valence-electron chi connectivity index (χ3n) is 11.2. The van der Waals surface area contributed by atoms with E-state index >= 15 is 0 Å². The zero-order chi connectivity index (χ0) is 40.2. The first-order valence-electron chi connectivity index (χ1n) is 19.6. The quantitative estimate of drug-likeness (QED) is 0.158. The fourth-order valence-corrected chi connectivity index (χ4v) is 8.47. The first kappa shape index (κ1) is 34.6. The highest BCUT2D eigenvalue weighted by Gasteiger charge is 2.23. The maximum absolute atomic E-state index is 11.0. The van der Waals surface area contributed by atoms with Gasteiger partial charge in [0.05, 0.1) is 39.9 Å². The molecule has 60 heavy (non-hydrogen) atoms. The number of rotatable bonds is 6. The van der Waals surface area contributed by atoms with Gasteiger partial charge in [0.2, 0.25) is 0 Å². The number of nitrogens with zero attached hydrogens (tertiary/aromatic N) is 7. The second-order valence-corrected chi connectivity index (χ2v) is 14.7. The number of nitriles is 1. The van der Waals surface area contributed by atoms with Crippen LogP contribution in [0.2, 0.25) is 0 Å². The summed E-state index contributed by atoms with van der Waals surface area (Å²) in [5.74, 6) is 1.61. The standard InChI is InChI=1S/C53H31N7/c1-55-40-18-12-17-37(32-40)34-23-26-41(27-24-34)59-47-21-10-8-19-42(47)44-28-29-45-43-20-9-11-22-48(43)60(50(45)49(44)59)46-30-25-38(31-39(46)33-54)53-57-51(35-13-4-2-5-14-35)56-52(58-53)36-15-6-3-7-16-36/h2-32H. The molecule has 0 N–H and O–H groups in total. The second-order valence-electron chi connectivity index (χ2n) is 14.7. The van der Waals surface area contributed by atoms with E-state index in [0.717, 1.165) is 77.2 Å². The van der Waals surface area contributed by atoms with Crippen molar-refractivity contribution < 1.29 is 0 Å². The molecule has 0 fully saturated rings. The molecule has 0 unspecified atom stereocenters. The van der Waals surface area contributed by atoms with Crippen LogP contribution in [0.1, 0.15) is 5.56 Å². The summed E-state index contributed by atoms with van der Waals surface area (Å²) in [5, 5.41) is 15.4. The molecule has 0 amide bonds. The molecule has 0 aliphatic heterocycles. The third-order valence-corrected chi connectivity index (χ3v) is 11.2. The summed E-state index contributed by atoms with van der Waals surface area (Å²) >= 11 is 0. The van der Waals surface area contributed by atoms with Gasteiger partial charge in [0.25, 0.3) is 0 Å². The fourth-order valence-electron chi connectivity index (χ4n) is 8.47. The van der Waals surface area contributed by atoms with Crippen molar-refractivity contribution in [3.63, 3.8) is 0 Å². The molecule has 278 valence electrons. The van der Waals surface area contributed by atoms with Gasteiger partial charge in [0.15, 0.2) is 23.2 Å². The molecular formula is C53H31N7. The van der Waals surface area contributed by atoms with Crippen molar-refractivity contribution in [1.82, 2.24) is 24.1 Å². The second kappa shape index (κ2) is 14.1. The Morgan fingerprint density at radius 2 is 0.950 bits per heavy atom. The van der Waals surface area contributed by atoms with Crippen LogP contribution in [0.15, 0.2) is 188 Å². The number of hydrogen-bond acceptors (Lipinski definition) is 4. The van der Waals surface area contributed by atoms with Gasteiger partial charge in [0.1, 0.15) is 6.07 Å². The van der Waals surface area contributed by atoms with Crippen LogP contribution in [0.5, 0.6) is 0 Å². The van der Waals surface area contributed by atoms with E-state index in [0.29, 0.717) is 34.3 Å². The maximum atomic E-state index is 11.0. The highest BCUT2D eigenvalue weighted by molar-refractivity contribution is 6.23. The van der Waals surface area contributed by atoms with Gasteiger partial charge in [-0.05, 0) is 59.7 Å². The lowest BCUT2D eigenvalue weighted by molar-refractivity contribution is 1.07. The molecule has 11 aromatic rings. The highest BCUT2D eigenvalue weighted by atomic mass is 15.1. The van der Waals surface area contributed by atoms with Crippen LogP contribution in [0.4, 0.5) is 5.69 Å². The van der Waals surface area contributed by atoms with Crippen molar-refractivity contribution >= 4 is 49.3 Å². The molecular weight excluding hydrogens is 735 g/mol. The van der Waals surface area contributed by atoms with Gasteiger partial charge in [0, 0.05) is 43.9 Å². The summed E-state index contributed by atoms with van der Waals surface area (Å²) in [7, 11) is 0. The Labute approximate surface area is 345 Å². The highest BCUT2D eigenvalue weighted by Crippen LogP contribution is 2.42. The summed E-state index contributed by atoms with van der Waals surface area (Å²) in [6, 6.07) is 65.8. The lowest BCUT2D eigenvalue weighted by Crippen LogP contribution is -2.03. The Hall–Kier alpha value is -8.65. The Kier molecular flexibility index (Phi) is 8.11. The van der Waals surface area contributed by atoms with Crippen molar-refractivity contribution in [3.8, 4) is 62.7 Å². The largest absolute Gasteiger partial charge is 0.307 e. The molecule has 0 radical (unpaired) electrons. The van der Waals surface area contributed by atoms with Gasteiger partial charge < -0.3 is 9.13 Å². The third kappa shape index (κ3) is 5.61. The van der Waals surface area contributed by atoms with E-state index < -0.39 is 0 Å². The summed E-state index contributed by atoms with van der Waals surface area (Å²) in [5.41, 5.74) is 11.5. The van der Waals surface area contributed by atoms with Crippen LogP contribution < -0.4 is 0 Å². The van der Waals surface area contributed by atoms with Gasteiger partial charge in [-0.15, -0.1) is 0 Å². The minimum absolute atomic E-state index is 0.486. The Balaban J connectivity index is 1.14. The zero-order valence-electron chi connectivity index (χ0n) is 32.0. The molecule has 0 saturated heterocycles. The van der Waals surface area contributed by atoms with Gasteiger partial charge in [-0.25, -0.2) is 19.8 Å². The lowest BCUT2D eigenvalue weighted by atomic mass is 10.0. The van der Waals surface area contributed by atoms with E-state index in [4.69, 9.17) is 21.5 Å². The molecule has 0 spiro atoms. The average molecular weight is 766 g/mol. The van der Waals surface area contributed by atoms with Crippen LogP contribution in [0.25, 0.3) is 105 Å². The molecule has 0 atom stereocenters. The van der Waals surface area contributed by atoms with Crippen LogP contribution in [0, 0.1) is 17.9 Å². The van der Waals surface area contributed by atoms with Gasteiger partial charge in [-0.3, -0.25) is 0 Å². The molecule has 0 aliphatic carbocycles. The predicted octanol–water partition coefficient (Wildman–Crippen LogP) is 13.2. The molecule has 0 bridgehead atoms. The lowest BCUT2D eigenvalue weighted by Gasteiger charge is -2.15. The van der Waals surface area contributed by atoms with Crippen LogP contribution >= 0.6 is 0 Å². The van der Waals surface area contributed by atoms with Crippen LogP contribution in [-0.2, 0) is 0 Å². The van der Waals surface area contributed by atoms with Crippen molar-refractivity contribution in [3.05, 3.63) is 205 Å². The summed E-state index contributed by atoms with van der Waals surface area (Å²) < 4.78 is 4.58. The molecule has 3 aromatic heterocycles.